The molecule has 6 nitrogen and oxygen atoms in total. The normalized spacial score (nSPS) is 31.3. The average molecular weight is 355 g/mol. The van der Waals surface area contributed by atoms with Crippen molar-refractivity contribution < 1.29 is 9.18 Å². The quantitative estimate of drug-likeness (QED) is 0.624. The Hall–Kier alpha value is -2.41. The zero-order chi connectivity index (χ0) is 18.1. The number of rotatable bonds is 4. The zero-order valence-electron chi connectivity index (χ0n) is 14.4. The number of halogens is 1. The van der Waals surface area contributed by atoms with E-state index in [0.29, 0.717) is 29.2 Å². The van der Waals surface area contributed by atoms with Crippen LogP contribution in [0, 0.1) is 22.6 Å². The number of amides is 1. The molecular formula is C19H22FN5O. The van der Waals surface area contributed by atoms with Crippen molar-refractivity contribution in [1.82, 2.24) is 4.90 Å². The van der Waals surface area contributed by atoms with Crippen molar-refractivity contribution >= 4 is 23.5 Å². The lowest BCUT2D eigenvalue weighted by molar-refractivity contribution is 0.100. The van der Waals surface area contributed by atoms with Crippen LogP contribution in [0.3, 0.4) is 0 Å². The van der Waals surface area contributed by atoms with Crippen LogP contribution in [0.25, 0.3) is 0 Å². The molecule has 4 aliphatic rings. The van der Waals surface area contributed by atoms with E-state index in [9.17, 15) is 9.18 Å². The molecule has 26 heavy (non-hydrogen) atoms. The van der Waals surface area contributed by atoms with Crippen molar-refractivity contribution in [1.29, 1.82) is 5.41 Å². The van der Waals surface area contributed by atoms with E-state index in [1.54, 1.807) is 0 Å². The molecule has 7 heteroatoms. The van der Waals surface area contributed by atoms with Gasteiger partial charge >= 0.3 is 0 Å². The molecule has 3 fully saturated rings. The Labute approximate surface area is 151 Å². The second kappa shape index (κ2) is 5.30. The van der Waals surface area contributed by atoms with Gasteiger partial charge in [-0.05, 0) is 37.3 Å². The van der Waals surface area contributed by atoms with Gasteiger partial charge in [0.1, 0.15) is 11.6 Å². The van der Waals surface area contributed by atoms with E-state index in [-0.39, 0.29) is 11.0 Å². The van der Waals surface area contributed by atoms with Crippen LogP contribution in [0.5, 0.6) is 0 Å². The van der Waals surface area contributed by atoms with E-state index < -0.39 is 11.7 Å². The topological polar surface area (TPSA) is 94.2 Å². The molecule has 1 aromatic carbocycles. The molecule has 5 N–H and O–H groups in total. The zero-order valence-corrected chi connectivity index (χ0v) is 14.4. The Bertz CT molecular complexity index is 862. The summed E-state index contributed by atoms with van der Waals surface area (Å²) in [4.78, 5) is 14.2. The fourth-order valence-electron chi connectivity index (χ4n) is 4.89. The van der Waals surface area contributed by atoms with Gasteiger partial charge in [-0.2, -0.15) is 0 Å². The summed E-state index contributed by atoms with van der Waals surface area (Å²) in [6, 6.07) is 3.20. The summed E-state index contributed by atoms with van der Waals surface area (Å²) in [5.74, 6) is 0.0732. The number of nitrogens with zero attached hydrogens (tertiary/aromatic N) is 1. The molecule has 2 aliphatic heterocycles. The lowest BCUT2D eigenvalue weighted by Gasteiger charge is -2.36. The Morgan fingerprint density at radius 2 is 2.19 bits per heavy atom. The van der Waals surface area contributed by atoms with Crippen molar-refractivity contribution in [2.75, 3.05) is 23.7 Å². The number of benzene rings is 1. The van der Waals surface area contributed by atoms with E-state index in [1.807, 2.05) is 0 Å². The average Bonchev–Trinajstić information content (AvgIpc) is 2.88. The van der Waals surface area contributed by atoms with Gasteiger partial charge in [-0.15, -0.1) is 0 Å². The molecule has 5 rings (SSSR count). The van der Waals surface area contributed by atoms with Crippen molar-refractivity contribution in [3.63, 3.8) is 0 Å². The number of likely N-dealkylation sites (tertiary alicyclic amines) is 1. The number of nitrogens with two attached hydrogens (primary N) is 1. The van der Waals surface area contributed by atoms with Crippen molar-refractivity contribution in [2.24, 2.45) is 17.1 Å². The number of carbonyl (C=O) groups is 1. The number of carbonyl (C=O) groups excluding carboxylic acids is 1. The Morgan fingerprint density at radius 1 is 1.38 bits per heavy atom. The van der Waals surface area contributed by atoms with Gasteiger partial charge in [-0.25, -0.2) is 4.39 Å². The first kappa shape index (κ1) is 15.8. The first-order valence-corrected chi connectivity index (χ1v) is 9.18. The van der Waals surface area contributed by atoms with Gasteiger partial charge in [-0.3, -0.25) is 9.69 Å². The fraction of sp³-hybridized carbons (Fsp3) is 0.474. The number of piperidine rings is 1. The minimum Gasteiger partial charge on any atom is -0.366 e. The molecule has 1 aromatic rings. The number of hydrogen-bond donors (Lipinski definition) is 4. The second-order valence-corrected chi connectivity index (χ2v) is 7.99. The SMILES string of the molecule is N=C/C(=C1/Nc2cc(F)cc(C(N)=O)c2N1)C12CC1CN(C1CCC1)C2. The molecule has 2 saturated carbocycles. The molecule has 2 aliphatic carbocycles. The van der Waals surface area contributed by atoms with E-state index in [0.717, 1.165) is 31.1 Å². The monoisotopic (exact) mass is 355 g/mol. The molecule has 0 bridgehead atoms. The Morgan fingerprint density at radius 3 is 2.85 bits per heavy atom. The molecule has 0 spiro atoms. The number of hydrogen-bond acceptors (Lipinski definition) is 5. The second-order valence-electron chi connectivity index (χ2n) is 7.99. The third-order valence-corrected chi connectivity index (χ3v) is 6.59. The molecular weight excluding hydrogens is 333 g/mol. The predicted octanol–water partition coefficient (Wildman–Crippen LogP) is 2.50. The van der Waals surface area contributed by atoms with Crippen molar-refractivity contribution in [3.8, 4) is 0 Å². The van der Waals surface area contributed by atoms with Crippen LogP contribution in [-0.4, -0.2) is 36.2 Å². The standard InChI is InChI=1S/C19H22FN5O/c20-11-4-13(17(22)26)16-15(5-11)23-18(24-16)14(7-21)19-6-10(19)8-25(9-19)12-2-1-3-12/h4-5,7,10,12,21,23-24H,1-3,6,8-9H2,(H2,22,26)/b18-14+,21-7?. The summed E-state index contributed by atoms with van der Waals surface area (Å²) >= 11 is 0. The lowest BCUT2D eigenvalue weighted by Crippen LogP contribution is -2.40. The minimum atomic E-state index is -0.674. The fourth-order valence-corrected chi connectivity index (χ4v) is 4.89. The molecule has 1 saturated heterocycles. The first-order valence-electron chi connectivity index (χ1n) is 9.18. The molecule has 0 radical (unpaired) electrons. The van der Waals surface area contributed by atoms with Crippen molar-refractivity contribution in [2.45, 2.75) is 31.7 Å². The van der Waals surface area contributed by atoms with Crippen LogP contribution in [0.2, 0.25) is 0 Å². The van der Waals surface area contributed by atoms with Crippen LogP contribution < -0.4 is 16.4 Å². The van der Waals surface area contributed by atoms with Gasteiger partial charge in [0.2, 0.25) is 0 Å². The highest BCUT2D eigenvalue weighted by Gasteiger charge is 2.63. The van der Waals surface area contributed by atoms with Crippen LogP contribution in [0.15, 0.2) is 23.5 Å². The molecule has 2 heterocycles. The van der Waals surface area contributed by atoms with Gasteiger partial charge in [0.25, 0.3) is 5.91 Å². The van der Waals surface area contributed by atoms with Gasteiger partial charge in [0.05, 0.1) is 16.9 Å². The third kappa shape index (κ3) is 2.13. The maximum absolute atomic E-state index is 13.8. The summed E-state index contributed by atoms with van der Waals surface area (Å²) in [5.41, 5.74) is 7.43. The highest BCUT2D eigenvalue weighted by atomic mass is 19.1. The van der Waals surface area contributed by atoms with Crippen LogP contribution in [0.4, 0.5) is 15.8 Å². The van der Waals surface area contributed by atoms with Crippen LogP contribution in [-0.2, 0) is 0 Å². The summed E-state index contributed by atoms with van der Waals surface area (Å²) in [7, 11) is 0. The highest BCUT2D eigenvalue weighted by Crippen LogP contribution is 2.63. The molecule has 2 unspecified atom stereocenters. The highest BCUT2D eigenvalue weighted by molar-refractivity contribution is 6.04. The summed E-state index contributed by atoms with van der Waals surface area (Å²) in [6.07, 6.45) is 6.37. The van der Waals surface area contributed by atoms with E-state index >= 15 is 0 Å². The molecule has 0 aromatic heterocycles. The van der Waals surface area contributed by atoms with Crippen molar-refractivity contribution in [3.05, 3.63) is 34.9 Å². The third-order valence-electron chi connectivity index (χ3n) is 6.59. The largest absolute Gasteiger partial charge is 0.366 e. The van der Waals surface area contributed by atoms with Gasteiger partial charge in [0, 0.05) is 36.3 Å². The number of fused-ring (bicyclic) bond motifs is 2. The summed E-state index contributed by atoms with van der Waals surface area (Å²) in [5, 5.41) is 14.4. The van der Waals surface area contributed by atoms with E-state index in [1.165, 1.54) is 31.5 Å². The number of nitrogens with one attached hydrogen (secondary N) is 3. The summed E-state index contributed by atoms with van der Waals surface area (Å²) in [6.45, 7) is 2.08. The van der Waals surface area contributed by atoms with Crippen LogP contribution >= 0.6 is 0 Å². The van der Waals surface area contributed by atoms with Gasteiger partial charge in [0.15, 0.2) is 0 Å². The Balaban J connectivity index is 1.48. The van der Waals surface area contributed by atoms with E-state index in [4.69, 9.17) is 11.1 Å². The first-order chi connectivity index (χ1) is 12.5. The maximum atomic E-state index is 13.8. The molecule has 136 valence electrons. The van der Waals surface area contributed by atoms with Gasteiger partial charge in [-0.1, -0.05) is 6.42 Å². The minimum absolute atomic E-state index is 0.000147. The van der Waals surface area contributed by atoms with Gasteiger partial charge < -0.3 is 21.8 Å². The number of primary amides is 1. The Kier molecular flexibility index (Phi) is 3.22. The van der Waals surface area contributed by atoms with E-state index in [2.05, 4.69) is 15.5 Å². The maximum Gasteiger partial charge on any atom is 0.250 e. The molecule has 1 amide bonds. The predicted molar refractivity (Wildman–Crippen MR) is 97.7 cm³/mol. The number of anilines is 2. The molecule has 2 atom stereocenters. The lowest BCUT2D eigenvalue weighted by atomic mass is 9.90. The van der Waals surface area contributed by atoms with Crippen LogP contribution in [0.1, 0.15) is 36.0 Å². The smallest absolute Gasteiger partial charge is 0.250 e. The summed E-state index contributed by atoms with van der Waals surface area (Å²) < 4.78 is 13.8.